The molecule has 0 saturated carbocycles. The van der Waals surface area contributed by atoms with Crippen molar-refractivity contribution in [1.82, 2.24) is 24.7 Å². The van der Waals surface area contributed by atoms with Crippen LogP contribution in [0.15, 0.2) is 48.8 Å². The average molecular weight is 451 g/mol. The maximum Gasteiger partial charge on any atom is 0.213 e. The van der Waals surface area contributed by atoms with Crippen LogP contribution in [0.5, 0.6) is 17.4 Å². The van der Waals surface area contributed by atoms with Gasteiger partial charge in [0.05, 0.1) is 44.5 Å². The van der Waals surface area contributed by atoms with Crippen LogP contribution in [0.25, 0.3) is 28.3 Å². The Morgan fingerprint density at radius 3 is 2.30 bits per heavy atom. The van der Waals surface area contributed by atoms with Gasteiger partial charge in [0.25, 0.3) is 0 Å². The van der Waals surface area contributed by atoms with Gasteiger partial charge < -0.3 is 18.9 Å². The number of benzene rings is 1. The molecule has 33 heavy (non-hydrogen) atoms. The van der Waals surface area contributed by atoms with Crippen LogP contribution >= 0.6 is 0 Å². The van der Waals surface area contributed by atoms with Crippen molar-refractivity contribution in [1.29, 1.82) is 0 Å². The van der Waals surface area contributed by atoms with Crippen molar-refractivity contribution in [2.24, 2.45) is 0 Å². The Bertz CT molecular complexity index is 1260. The predicted octanol–water partition coefficient (Wildman–Crippen LogP) is 3.70. The molecule has 10 heteroatoms. The summed E-state index contributed by atoms with van der Waals surface area (Å²) in [7, 11) is 6.19. The molecule has 4 rings (SSSR count). The molecule has 0 aliphatic rings. The van der Waals surface area contributed by atoms with E-state index in [2.05, 4.69) is 20.2 Å². The number of pyridine rings is 2. The van der Waals surface area contributed by atoms with Gasteiger partial charge in [-0.05, 0) is 24.3 Å². The van der Waals surface area contributed by atoms with Crippen molar-refractivity contribution >= 4 is 0 Å². The number of nitrogens with zero attached hydrogens (tertiary/aromatic N) is 5. The Morgan fingerprint density at radius 1 is 0.818 bits per heavy atom. The zero-order chi connectivity index (χ0) is 23.4. The Labute approximate surface area is 189 Å². The van der Waals surface area contributed by atoms with E-state index in [0.29, 0.717) is 51.5 Å². The van der Waals surface area contributed by atoms with E-state index in [-0.39, 0.29) is 6.61 Å². The van der Waals surface area contributed by atoms with E-state index in [1.165, 1.54) is 26.4 Å². The molecule has 0 aliphatic carbocycles. The highest BCUT2D eigenvalue weighted by Gasteiger charge is 2.21. The molecule has 0 saturated heterocycles. The van der Waals surface area contributed by atoms with Gasteiger partial charge in [0.2, 0.25) is 5.88 Å². The van der Waals surface area contributed by atoms with Crippen LogP contribution in [0, 0.1) is 5.82 Å². The van der Waals surface area contributed by atoms with Gasteiger partial charge in [0.1, 0.15) is 23.9 Å². The van der Waals surface area contributed by atoms with Crippen molar-refractivity contribution in [3.05, 3.63) is 60.4 Å². The molecule has 0 radical (unpaired) electrons. The standard InChI is InChI=1S/C23H22FN5O4/c1-30-13-21-27-28-23(29(21)15-6-8-22(33-4)26-11-15)17-12-25-18(10-20(17)32-3)16-9-14(24)5-7-19(16)31-2/h5-12H,13H2,1-4H3. The molecule has 9 nitrogen and oxygen atoms in total. The first-order valence-electron chi connectivity index (χ1n) is 9.91. The smallest absolute Gasteiger partial charge is 0.213 e. The first kappa shape index (κ1) is 22.2. The first-order valence-corrected chi connectivity index (χ1v) is 9.91. The molecule has 0 amide bonds. The molecule has 0 aliphatic heterocycles. The van der Waals surface area contributed by atoms with Gasteiger partial charge in [-0.25, -0.2) is 9.37 Å². The predicted molar refractivity (Wildman–Crippen MR) is 118 cm³/mol. The topological polar surface area (TPSA) is 93.4 Å². The molecule has 0 bridgehead atoms. The van der Waals surface area contributed by atoms with Crippen LogP contribution in [-0.2, 0) is 11.3 Å². The van der Waals surface area contributed by atoms with Gasteiger partial charge in [-0.3, -0.25) is 9.55 Å². The molecule has 0 spiro atoms. The number of aromatic nitrogens is 5. The molecular formula is C23H22FN5O4. The fraction of sp³-hybridized carbons (Fsp3) is 0.217. The van der Waals surface area contributed by atoms with E-state index in [1.807, 2.05) is 6.07 Å². The highest BCUT2D eigenvalue weighted by atomic mass is 19.1. The molecule has 0 fully saturated rings. The number of hydrogen-bond acceptors (Lipinski definition) is 8. The van der Waals surface area contributed by atoms with Crippen LogP contribution in [0.3, 0.4) is 0 Å². The second-order valence-corrected chi connectivity index (χ2v) is 6.88. The summed E-state index contributed by atoms with van der Waals surface area (Å²) in [4.78, 5) is 8.80. The zero-order valence-corrected chi connectivity index (χ0v) is 18.6. The zero-order valence-electron chi connectivity index (χ0n) is 18.6. The largest absolute Gasteiger partial charge is 0.496 e. The third-order valence-electron chi connectivity index (χ3n) is 4.96. The maximum absolute atomic E-state index is 13.9. The lowest BCUT2D eigenvalue weighted by Crippen LogP contribution is -2.06. The average Bonchev–Trinajstić information content (AvgIpc) is 3.27. The summed E-state index contributed by atoms with van der Waals surface area (Å²) in [5, 5.41) is 8.62. The fourth-order valence-corrected chi connectivity index (χ4v) is 3.41. The van der Waals surface area contributed by atoms with Crippen LogP contribution in [-0.4, -0.2) is 53.2 Å². The molecule has 4 aromatic rings. The molecule has 170 valence electrons. The van der Waals surface area contributed by atoms with E-state index in [0.717, 1.165) is 0 Å². The summed E-state index contributed by atoms with van der Waals surface area (Å²) >= 11 is 0. The van der Waals surface area contributed by atoms with E-state index in [4.69, 9.17) is 18.9 Å². The summed E-state index contributed by atoms with van der Waals surface area (Å²) in [6, 6.07) is 9.53. The SMILES string of the molecule is COCc1nnc(-c2cnc(-c3cc(F)ccc3OC)cc2OC)n1-c1ccc(OC)nc1. The molecule has 0 N–H and O–H groups in total. The minimum absolute atomic E-state index is 0.230. The molecular weight excluding hydrogens is 429 g/mol. The lowest BCUT2D eigenvalue weighted by atomic mass is 10.1. The second-order valence-electron chi connectivity index (χ2n) is 6.88. The number of ether oxygens (including phenoxy) is 4. The first-order chi connectivity index (χ1) is 16.1. The van der Waals surface area contributed by atoms with Crippen molar-refractivity contribution in [2.45, 2.75) is 6.61 Å². The third-order valence-corrected chi connectivity index (χ3v) is 4.96. The van der Waals surface area contributed by atoms with Crippen LogP contribution in [0.1, 0.15) is 5.82 Å². The minimum atomic E-state index is -0.397. The molecule has 3 heterocycles. The summed E-state index contributed by atoms with van der Waals surface area (Å²) in [6.07, 6.45) is 3.25. The summed E-state index contributed by atoms with van der Waals surface area (Å²) in [6.45, 7) is 0.230. The van der Waals surface area contributed by atoms with Gasteiger partial charge in [-0.1, -0.05) is 0 Å². The van der Waals surface area contributed by atoms with Crippen molar-refractivity contribution in [3.63, 3.8) is 0 Å². The van der Waals surface area contributed by atoms with Gasteiger partial charge in [0, 0.05) is 31.0 Å². The number of rotatable bonds is 8. The lowest BCUT2D eigenvalue weighted by Gasteiger charge is -2.14. The summed E-state index contributed by atoms with van der Waals surface area (Å²) in [5.41, 5.74) is 2.28. The highest BCUT2D eigenvalue weighted by molar-refractivity contribution is 5.74. The fourth-order valence-electron chi connectivity index (χ4n) is 3.41. The van der Waals surface area contributed by atoms with Crippen LogP contribution < -0.4 is 14.2 Å². The monoisotopic (exact) mass is 451 g/mol. The van der Waals surface area contributed by atoms with Crippen molar-refractivity contribution < 1.29 is 23.3 Å². The van der Waals surface area contributed by atoms with Gasteiger partial charge in [-0.15, -0.1) is 10.2 Å². The third kappa shape index (κ3) is 4.33. The van der Waals surface area contributed by atoms with Crippen molar-refractivity contribution in [2.75, 3.05) is 28.4 Å². The minimum Gasteiger partial charge on any atom is -0.496 e. The number of halogens is 1. The Kier molecular flexibility index (Phi) is 6.45. The van der Waals surface area contributed by atoms with E-state index >= 15 is 0 Å². The Morgan fingerprint density at radius 2 is 1.64 bits per heavy atom. The van der Waals surface area contributed by atoms with Crippen LogP contribution in [0.2, 0.25) is 0 Å². The van der Waals surface area contributed by atoms with E-state index in [1.54, 1.807) is 49.4 Å². The molecule has 0 unspecified atom stereocenters. The van der Waals surface area contributed by atoms with Crippen molar-refractivity contribution in [3.8, 4) is 45.7 Å². The normalized spacial score (nSPS) is 10.8. The quantitative estimate of drug-likeness (QED) is 0.400. The van der Waals surface area contributed by atoms with Crippen LogP contribution in [0.4, 0.5) is 4.39 Å². The molecule has 3 aromatic heterocycles. The molecule has 1 aromatic carbocycles. The number of hydrogen-bond donors (Lipinski definition) is 0. The Hall–Kier alpha value is -4.05. The van der Waals surface area contributed by atoms with E-state index in [9.17, 15) is 4.39 Å². The second kappa shape index (κ2) is 9.61. The Balaban J connectivity index is 1.85. The lowest BCUT2D eigenvalue weighted by molar-refractivity contribution is 0.176. The summed E-state index contributed by atoms with van der Waals surface area (Å²) in [5.74, 6) is 2.10. The summed E-state index contributed by atoms with van der Waals surface area (Å²) < 4.78 is 37.2. The van der Waals surface area contributed by atoms with E-state index < -0.39 is 5.82 Å². The van der Waals surface area contributed by atoms with Gasteiger partial charge >= 0.3 is 0 Å². The van der Waals surface area contributed by atoms with Gasteiger partial charge in [-0.2, -0.15) is 0 Å². The highest BCUT2D eigenvalue weighted by Crippen LogP contribution is 2.36. The number of methoxy groups -OCH3 is 4. The maximum atomic E-state index is 13.9. The molecule has 0 atom stereocenters. The van der Waals surface area contributed by atoms with Gasteiger partial charge in [0.15, 0.2) is 11.6 Å².